The van der Waals surface area contributed by atoms with E-state index in [4.69, 9.17) is 0 Å². The molecule has 0 spiro atoms. The van der Waals surface area contributed by atoms with E-state index < -0.39 is 26.4 Å². The third-order valence-electron chi connectivity index (χ3n) is 2.16. The van der Waals surface area contributed by atoms with Crippen LogP contribution >= 0.6 is 73.3 Å². The molecule has 0 saturated heterocycles. The van der Waals surface area contributed by atoms with Crippen molar-refractivity contribution < 1.29 is 26.4 Å². The molecule has 0 fully saturated rings. The van der Waals surface area contributed by atoms with Crippen molar-refractivity contribution in [2.75, 3.05) is 0 Å². The first-order valence-corrected chi connectivity index (χ1v) is 42.5. The maximum absolute atomic E-state index is 3.65. The van der Waals surface area contributed by atoms with E-state index in [1.807, 2.05) is 18.2 Å². The second kappa shape index (κ2) is 12.3. The minimum absolute atomic E-state index is 1.31. The number of unbranched alkanes of at least 4 members (excludes halogenated alkanes) is 2. The molecular weight excluding hydrogens is 794 g/mol. The summed E-state index contributed by atoms with van der Waals surface area (Å²) in [5.41, 5.74) is 0. The molecule has 0 saturated carbocycles. The minimum atomic E-state index is -2.27. The second-order valence-corrected chi connectivity index (χ2v) is 95.0. The standard InChI is InChI=1S/C6H5.C5H11.6BrH.2Zr/c1-2-4-6-5-3-1;1-3-5-4-2;;;;;;;;/h1-5H;1,3-5H2,2H3;6*1H;;/q;;;;;;;;2*+3/p-6. The van der Waals surface area contributed by atoms with Gasteiger partial charge in [-0.1, -0.05) is 0 Å². The SMILES string of the molecule is CCCC[CH2][Zr]([Br])([Br])[Br].[Br][Zr]([Br])([Br])[c]1ccccc1. The Morgan fingerprint density at radius 2 is 1.37 bits per heavy atom. The average Bonchev–Trinajstić information content (AvgIpc) is 2.29. The van der Waals surface area contributed by atoms with Crippen LogP contribution < -0.4 is 3.27 Å². The van der Waals surface area contributed by atoms with Crippen LogP contribution in [-0.2, 0) is 26.4 Å². The summed E-state index contributed by atoms with van der Waals surface area (Å²) in [5.74, 6) is 0. The van der Waals surface area contributed by atoms with Crippen molar-refractivity contribution in [3.05, 3.63) is 30.3 Å². The molecule has 0 aliphatic heterocycles. The van der Waals surface area contributed by atoms with E-state index in [9.17, 15) is 0 Å². The summed E-state index contributed by atoms with van der Waals surface area (Å²) in [7, 11) is 0. The van der Waals surface area contributed by atoms with Crippen LogP contribution in [0.1, 0.15) is 26.2 Å². The Labute approximate surface area is 160 Å². The molecule has 0 aromatic heterocycles. The van der Waals surface area contributed by atoms with Crippen molar-refractivity contribution in [3.63, 3.8) is 0 Å². The molecule has 0 unspecified atom stereocenters. The average molecular weight is 810 g/mol. The van der Waals surface area contributed by atoms with Crippen LogP contribution in [-0.4, -0.2) is 0 Å². The molecule has 0 bridgehead atoms. The first kappa shape index (κ1) is 22.9. The first-order valence-electron chi connectivity index (χ1n) is 5.86. The Kier molecular flexibility index (Phi) is 14.8. The van der Waals surface area contributed by atoms with Gasteiger partial charge in [-0.25, -0.2) is 0 Å². The zero-order valence-electron chi connectivity index (χ0n) is 10.5. The molecule has 0 N–H and O–H groups in total. The summed E-state index contributed by atoms with van der Waals surface area (Å²) in [6.45, 7) is 2.23. The second-order valence-electron chi connectivity index (χ2n) is 3.94. The van der Waals surface area contributed by atoms with Gasteiger partial charge in [0, 0.05) is 0 Å². The van der Waals surface area contributed by atoms with E-state index in [0.29, 0.717) is 0 Å². The summed E-state index contributed by atoms with van der Waals surface area (Å²) in [5, 5.41) is 0. The molecular formula is C11H16Br6Zr2. The Bertz CT molecular complexity index is 333. The Hall–Kier alpha value is 3.87. The van der Waals surface area contributed by atoms with Crippen LogP contribution in [0.4, 0.5) is 0 Å². The van der Waals surface area contributed by atoms with Crippen LogP contribution in [0.3, 0.4) is 0 Å². The van der Waals surface area contributed by atoms with Crippen LogP contribution in [0.25, 0.3) is 0 Å². The Balaban J connectivity index is 0.000000344. The third-order valence-corrected chi connectivity index (χ3v) is 22.0. The van der Waals surface area contributed by atoms with Gasteiger partial charge in [0.25, 0.3) is 0 Å². The van der Waals surface area contributed by atoms with Crippen LogP contribution in [0, 0.1) is 0 Å². The van der Waals surface area contributed by atoms with E-state index in [1.165, 1.54) is 26.7 Å². The number of hydrogen-bond donors (Lipinski definition) is 0. The summed E-state index contributed by atoms with van der Waals surface area (Å²) in [6.07, 6.45) is 4.03. The molecule has 0 atom stereocenters. The molecule has 1 aromatic rings. The molecule has 0 aliphatic carbocycles. The van der Waals surface area contributed by atoms with Gasteiger partial charge >= 0.3 is 164 Å². The fraction of sp³-hybridized carbons (Fsp3) is 0.455. The monoisotopic (exact) mass is 801 g/mol. The van der Waals surface area contributed by atoms with Crippen molar-refractivity contribution >= 4 is 76.6 Å². The molecule has 0 amide bonds. The van der Waals surface area contributed by atoms with E-state index in [-0.39, 0.29) is 0 Å². The molecule has 1 aromatic carbocycles. The number of rotatable bonds is 5. The van der Waals surface area contributed by atoms with Gasteiger partial charge in [0.1, 0.15) is 0 Å². The van der Waals surface area contributed by atoms with Crippen molar-refractivity contribution in [2.24, 2.45) is 0 Å². The third kappa shape index (κ3) is 15.2. The van der Waals surface area contributed by atoms with Gasteiger partial charge in [-0.15, -0.1) is 0 Å². The van der Waals surface area contributed by atoms with Gasteiger partial charge in [-0.05, 0) is 0 Å². The molecule has 19 heavy (non-hydrogen) atoms. The summed E-state index contributed by atoms with van der Waals surface area (Å²) >= 11 is 17.7. The number of benzene rings is 1. The van der Waals surface area contributed by atoms with E-state index in [0.717, 1.165) is 0 Å². The van der Waals surface area contributed by atoms with Crippen molar-refractivity contribution in [3.8, 4) is 0 Å². The fourth-order valence-electron chi connectivity index (χ4n) is 1.20. The fourth-order valence-corrected chi connectivity index (χ4v) is 13.9. The molecule has 110 valence electrons. The molecule has 1 rings (SSSR count). The van der Waals surface area contributed by atoms with E-state index in [1.54, 1.807) is 0 Å². The molecule has 0 heterocycles. The van der Waals surface area contributed by atoms with Crippen LogP contribution in [0.2, 0.25) is 4.13 Å². The zero-order chi connectivity index (χ0) is 14.9. The van der Waals surface area contributed by atoms with Gasteiger partial charge in [-0.2, -0.15) is 0 Å². The summed E-state index contributed by atoms with van der Waals surface area (Å²) in [4.78, 5) is 0. The first-order chi connectivity index (χ1) is 8.67. The van der Waals surface area contributed by atoms with E-state index >= 15 is 0 Å². The molecule has 0 nitrogen and oxygen atoms in total. The Morgan fingerprint density at radius 1 is 0.842 bits per heavy atom. The summed E-state index contributed by atoms with van der Waals surface area (Å²) < 4.78 is 2.69. The summed E-state index contributed by atoms with van der Waals surface area (Å²) in [6, 6.07) is 10.4. The van der Waals surface area contributed by atoms with Gasteiger partial charge in [0.15, 0.2) is 0 Å². The molecule has 8 heteroatoms. The molecule has 0 radical (unpaired) electrons. The maximum atomic E-state index is 3.65. The quantitative estimate of drug-likeness (QED) is 0.264. The predicted molar refractivity (Wildman–Crippen MR) is 104 cm³/mol. The Morgan fingerprint density at radius 3 is 1.68 bits per heavy atom. The van der Waals surface area contributed by atoms with Crippen molar-refractivity contribution in [2.45, 2.75) is 30.3 Å². The van der Waals surface area contributed by atoms with Gasteiger partial charge in [-0.3, -0.25) is 0 Å². The van der Waals surface area contributed by atoms with Gasteiger partial charge in [0.05, 0.1) is 0 Å². The zero-order valence-corrected chi connectivity index (χ0v) is 24.9. The van der Waals surface area contributed by atoms with Crippen molar-refractivity contribution in [1.29, 1.82) is 0 Å². The predicted octanol–water partition coefficient (Wildman–Crippen LogP) is 8.07. The molecule has 0 aliphatic rings. The van der Waals surface area contributed by atoms with Gasteiger partial charge in [0.2, 0.25) is 0 Å². The number of halogens is 6. The topological polar surface area (TPSA) is 0 Å². The van der Waals surface area contributed by atoms with Gasteiger partial charge < -0.3 is 0 Å². The van der Waals surface area contributed by atoms with Crippen LogP contribution in [0.15, 0.2) is 30.3 Å². The van der Waals surface area contributed by atoms with Crippen molar-refractivity contribution in [1.82, 2.24) is 0 Å². The van der Waals surface area contributed by atoms with Crippen LogP contribution in [0.5, 0.6) is 0 Å². The number of hydrogen-bond acceptors (Lipinski definition) is 0. The normalized spacial score (nSPS) is 11.7. The van der Waals surface area contributed by atoms with E-state index in [2.05, 4.69) is 92.4 Å².